The van der Waals surface area contributed by atoms with Gasteiger partial charge in [0, 0.05) is 12.1 Å². The summed E-state index contributed by atoms with van der Waals surface area (Å²) in [5.74, 6) is -2.37. The molecule has 3 N–H and O–H groups in total. The molecule has 0 saturated heterocycles. The van der Waals surface area contributed by atoms with Crippen molar-refractivity contribution in [3.8, 4) is 5.69 Å². The van der Waals surface area contributed by atoms with Gasteiger partial charge in [0.15, 0.2) is 0 Å². The van der Waals surface area contributed by atoms with Crippen LogP contribution in [0.15, 0.2) is 42.5 Å². The summed E-state index contributed by atoms with van der Waals surface area (Å²) in [6.07, 6.45) is 2.02. The number of rotatable bonds is 6. The molecule has 1 aliphatic heterocycles. The van der Waals surface area contributed by atoms with E-state index in [9.17, 15) is 14.0 Å². The van der Waals surface area contributed by atoms with Crippen LogP contribution >= 0.6 is 11.6 Å². The van der Waals surface area contributed by atoms with E-state index < -0.39 is 11.9 Å². The van der Waals surface area contributed by atoms with E-state index in [4.69, 9.17) is 26.9 Å². The summed E-state index contributed by atoms with van der Waals surface area (Å²) in [6, 6.07) is 12.8. The van der Waals surface area contributed by atoms with Crippen molar-refractivity contribution in [3.63, 3.8) is 0 Å². The van der Waals surface area contributed by atoms with E-state index in [1.54, 1.807) is 12.1 Å². The van der Waals surface area contributed by atoms with Crippen molar-refractivity contribution < 1.29 is 24.2 Å². The number of nitrogens with zero attached hydrogens (tertiary/aromatic N) is 2. The minimum absolute atomic E-state index is 0.220. The first-order chi connectivity index (χ1) is 16.2. The van der Waals surface area contributed by atoms with Crippen LogP contribution in [0.1, 0.15) is 40.9 Å². The van der Waals surface area contributed by atoms with Crippen LogP contribution in [0.5, 0.6) is 0 Å². The predicted molar refractivity (Wildman–Crippen MR) is 127 cm³/mol. The minimum atomic E-state index is -1.08. The van der Waals surface area contributed by atoms with Gasteiger partial charge in [-0.1, -0.05) is 29.8 Å². The van der Waals surface area contributed by atoms with Gasteiger partial charge in [0.1, 0.15) is 5.82 Å². The maximum absolute atomic E-state index is 13.1. The van der Waals surface area contributed by atoms with Gasteiger partial charge in [0.05, 0.1) is 29.2 Å². The Morgan fingerprint density at radius 2 is 1.71 bits per heavy atom. The molecule has 0 saturated carbocycles. The molecule has 3 aromatic rings. The Morgan fingerprint density at radius 1 is 1.06 bits per heavy atom. The first-order valence-corrected chi connectivity index (χ1v) is 11.4. The molecule has 0 radical (unpaired) electrons. The van der Waals surface area contributed by atoms with Crippen molar-refractivity contribution in [2.24, 2.45) is 0 Å². The number of aliphatic carboxylic acids is 2. The Balaban J connectivity index is 0.000000350. The molecule has 0 amide bonds. The van der Waals surface area contributed by atoms with Gasteiger partial charge in [-0.05, 0) is 73.8 Å². The van der Waals surface area contributed by atoms with E-state index in [0.717, 1.165) is 53.6 Å². The highest BCUT2D eigenvalue weighted by molar-refractivity contribution is 6.32. The van der Waals surface area contributed by atoms with Crippen molar-refractivity contribution in [2.45, 2.75) is 39.0 Å². The molecule has 0 spiro atoms. The first-order valence-electron chi connectivity index (χ1n) is 11.0. The summed E-state index contributed by atoms with van der Waals surface area (Å²) in [4.78, 5) is 19.3. The highest BCUT2D eigenvalue weighted by atomic mass is 35.5. The van der Waals surface area contributed by atoms with Gasteiger partial charge in [-0.2, -0.15) is 5.10 Å². The molecule has 0 bridgehead atoms. The fourth-order valence-electron chi connectivity index (χ4n) is 3.83. The van der Waals surface area contributed by atoms with Crippen LogP contribution < -0.4 is 5.32 Å². The smallest absolute Gasteiger partial charge is 0.303 e. The van der Waals surface area contributed by atoms with Crippen LogP contribution in [0.3, 0.4) is 0 Å². The summed E-state index contributed by atoms with van der Waals surface area (Å²) in [6.45, 7) is 3.98. The van der Waals surface area contributed by atoms with Gasteiger partial charge in [-0.3, -0.25) is 9.59 Å². The average Bonchev–Trinajstić information content (AvgIpc) is 2.98. The van der Waals surface area contributed by atoms with E-state index >= 15 is 0 Å². The zero-order valence-electron chi connectivity index (χ0n) is 18.9. The summed E-state index contributed by atoms with van der Waals surface area (Å²) in [5, 5.41) is 24.8. The van der Waals surface area contributed by atoms with E-state index in [1.165, 1.54) is 23.3 Å². The SMILES string of the molecule is Cc1cc(Cc2ccc(F)cc2)nn1-c1c(Cl)ccc2c1CCNCC2.O=C(O)CCC(=O)O. The fourth-order valence-corrected chi connectivity index (χ4v) is 4.09. The molecule has 4 rings (SSSR count). The molecule has 2 heterocycles. The van der Waals surface area contributed by atoms with Crippen LogP contribution in [0.25, 0.3) is 5.69 Å². The summed E-state index contributed by atoms with van der Waals surface area (Å²) >= 11 is 6.58. The lowest BCUT2D eigenvalue weighted by atomic mass is 10.0. The maximum atomic E-state index is 13.1. The second-order valence-electron chi connectivity index (χ2n) is 8.06. The van der Waals surface area contributed by atoms with Crippen LogP contribution in [-0.2, 0) is 28.9 Å². The first kappa shape index (κ1) is 25.4. The Kier molecular flexibility index (Phi) is 8.79. The molecule has 7 nitrogen and oxygen atoms in total. The standard InChI is InChI=1S/C21H21ClFN3.C4H6O4/c1-14-12-18(13-15-2-5-17(23)6-3-15)25-26(14)21-19-9-11-24-10-8-16(19)4-7-20(21)22;5-3(6)1-2-4(7)8/h2-7,12,24H,8-11,13H2,1H3;1-2H2,(H,5,6)(H,7,8). The molecule has 0 fully saturated rings. The summed E-state index contributed by atoms with van der Waals surface area (Å²) in [5.41, 5.74) is 6.66. The van der Waals surface area contributed by atoms with Crippen LogP contribution in [0.4, 0.5) is 4.39 Å². The zero-order chi connectivity index (χ0) is 24.7. The number of aromatic nitrogens is 2. The molecule has 1 aromatic heterocycles. The van der Waals surface area contributed by atoms with Crippen molar-refractivity contribution in [1.82, 2.24) is 15.1 Å². The Labute approximate surface area is 202 Å². The van der Waals surface area contributed by atoms with Crippen LogP contribution in [0, 0.1) is 12.7 Å². The number of fused-ring (bicyclic) bond motifs is 1. The number of nitrogens with one attached hydrogen (secondary N) is 1. The molecule has 9 heteroatoms. The summed E-state index contributed by atoms with van der Waals surface area (Å²) in [7, 11) is 0. The minimum Gasteiger partial charge on any atom is -0.481 e. The molecule has 0 unspecified atom stereocenters. The molecular formula is C25H27ClFN3O4. The largest absolute Gasteiger partial charge is 0.481 e. The molecule has 1 aliphatic rings. The van der Waals surface area contributed by atoms with Gasteiger partial charge in [0.25, 0.3) is 0 Å². The molecular weight excluding hydrogens is 461 g/mol. The summed E-state index contributed by atoms with van der Waals surface area (Å²) < 4.78 is 15.1. The second kappa shape index (κ2) is 11.8. The average molecular weight is 488 g/mol. The number of carboxylic acids is 2. The lowest BCUT2D eigenvalue weighted by Gasteiger charge is -2.15. The third-order valence-electron chi connectivity index (χ3n) is 5.45. The lowest BCUT2D eigenvalue weighted by molar-refractivity contribution is -0.143. The number of carboxylic acid groups (broad SMARTS) is 2. The van der Waals surface area contributed by atoms with Crippen molar-refractivity contribution in [1.29, 1.82) is 0 Å². The highest BCUT2D eigenvalue weighted by Gasteiger charge is 2.18. The third-order valence-corrected chi connectivity index (χ3v) is 5.76. The molecule has 2 aromatic carbocycles. The Bertz CT molecular complexity index is 1150. The van der Waals surface area contributed by atoms with Gasteiger partial charge in [-0.25, -0.2) is 9.07 Å². The number of aryl methyl sites for hydroxylation is 1. The molecule has 34 heavy (non-hydrogen) atoms. The number of benzene rings is 2. The normalized spacial score (nSPS) is 12.8. The number of carbonyl (C=O) groups is 2. The molecule has 0 aliphatic carbocycles. The number of hydrogen-bond donors (Lipinski definition) is 3. The van der Waals surface area contributed by atoms with Crippen molar-refractivity contribution in [2.75, 3.05) is 13.1 Å². The monoisotopic (exact) mass is 487 g/mol. The Morgan fingerprint density at radius 3 is 2.35 bits per heavy atom. The topological polar surface area (TPSA) is 104 Å². The number of hydrogen-bond acceptors (Lipinski definition) is 4. The third kappa shape index (κ3) is 6.88. The van der Waals surface area contributed by atoms with Gasteiger partial charge >= 0.3 is 11.9 Å². The second-order valence-corrected chi connectivity index (χ2v) is 8.47. The van der Waals surface area contributed by atoms with E-state index in [1.807, 2.05) is 17.7 Å². The lowest BCUT2D eigenvalue weighted by Crippen LogP contribution is -2.16. The van der Waals surface area contributed by atoms with E-state index in [-0.39, 0.29) is 18.7 Å². The zero-order valence-corrected chi connectivity index (χ0v) is 19.6. The van der Waals surface area contributed by atoms with E-state index in [0.29, 0.717) is 6.42 Å². The quantitative estimate of drug-likeness (QED) is 0.481. The maximum Gasteiger partial charge on any atom is 0.303 e. The fraction of sp³-hybridized carbons (Fsp3) is 0.320. The number of halogens is 2. The van der Waals surface area contributed by atoms with Gasteiger partial charge < -0.3 is 15.5 Å². The van der Waals surface area contributed by atoms with E-state index in [2.05, 4.69) is 17.4 Å². The Hall–Kier alpha value is -3.23. The van der Waals surface area contributed by atoms with Crippen molar-refractivity contribution >= 4 is 23.5 Å². The predicted octanol–water partition coefficient (Wildman–Crippen LogP) is 4.19. The highest BCUT2D eigenvalue weighted by Crippen LogP contribution is 2.30. The van der Waals surface area contributed by atoms with Crippen LogP contribution in [0.2, 0.25) is 5.02 Å². The van der Waals surface area contributed by atoms with Gasteiger partial charge in [-0.15, -0.1) is 0 Å². The molecule has 0 atom stereocenters. The van der Waals surface area contributed by atoms with Crippen LogP contribution in [-0.4, -0.2) is 45.0 Å². The molecule has 180 valence electrons. The van der Waals surface area contributed by atoms with Gasteiger partial charge in [0.2, 0.25) is 0 Å². The van der Waals surface area contributed by atoms with Crippen molar-refractivity contribution in [3.05, 3.63) is 81.4 Å².